The molecule has 0 radical (unpaired) electrons. The molecule has 0 spiro atoms. The first kappa shape index (κ1) is 36.1. The minimum Gasteiger partial charge on any atom is -0.457 e. The second-order valence-electron chi connectivity index (χ2n) is 16.6. The van der Waals surface area contributed by atoms with Crippen LogP contribution in [0, 0.1) is 0 Å². The summed E-state index contributed by atoms with van der Waals surface area (Å²) in [5.74, 6) is 1.58. The van der Waals surface area contributed by atoms with Gasteiger partial charge in [0.05, 0.1) is 33.1 Å². The molecule has 0 aliphatic rings. The average Bonchev–Trinajstić information content (AvgIpc) is 3.99. The Hall–Kier alpha value is -8.60. The highest BCUT2D eigenvalue weighted by atomic mass is 16.5. The number of nitrogens with zero attached hydrogens (tertiary/aromatic N) is 3. The van der Waals surface area contributed by atoms with E-state index in [0.717, 1.165) is 61.4 Å². The Morgan fingerprint density at radius 1 is 0.219 bits per heavy atom. The number of benzene rings is 10. The third-order valence-corrected chi connectivity index (χ3v) is 12.9. The fourth-order valence-corrected chi connectivity index (χ4v) is 9.98. The van der Waals surface area contributed by atoms with E-state index in [0.29, 0.717) is 0 Å². The normalized spacial score (nSPS) is 11.8. The van der Waals surface area contributed by atoms with E-state index in [4.69, 9.17) is 4.74 Å². The Balaban J connectivity index is 0.972. The van der Waals surface area contributed by atoms with Crippen molar-refractivity contribution in [3.8, 4) is 50.8 Å². The summed E-state index contributed by atoms with van der Waals surface area (Å²) in [6.45, 7) is 0. The Bertz CT molecular complexity index is 3900. The van der Waals surface area contributed by atoms with Crippen molar-refractivity contribution in [1.29, 1.82) is 0 Å². The molecule has 300 valence electrons. The smallest absolute Gasteiger partial charge is 0.128 e. The second-order valence-corrected chi connectivity index (χ2v) is 16.6. The molecular formula is C60H39N3O. The first-order chi connectivity index (χ1) is 31.7. The van der Waals surface area contributed by atoms with Crippen LogP contribution in [0.1, 0.15) is 0 Å². The molecule has 13 aromatic rings. The molecule has 0 aliphatic carbocycles. The molecule has 4 nitrogen and oxygen atoms in total. The summed E-state index contributed by atoms with van der Waals surface area (Å²) in [6.07, 6.45) is 0. The van der Waals surface area contributed by atoms with E-state index in [2.05, 4.69) is 250 Å². The van der Waals surface area contributed by atoms with Crippen molar-refractivity contribution in [2.24, 2.45) is 0 Å². The fraction of sp³-hybridized carbons (Fsp3) is 0. The maximum absolute atomic E-state index is 6.88. The Kier molecular flexibility index (Phi) is 8.18. The largest absolute Gasteiger partial charge is 0.457 e. The zero-order valence-corrected chi connectivity index (χ0v) is 34.8. The van der Waals surface area contributed by atoms with Crippen LogP contribution in [0.5, 0.6) is 11.5 Å². The highest BCUT2D eigenvalue weighted by Crippen LogP contribution is 2.42. The van der Waals surface area contributed by atoms with E-state index >= 15 is 0 Å². The zero-order valence-electron chi connectivity index (χ0n) is 34.8. The molecule has 0 saturated heterocycles. The second kappa shape index (κ2) is 14.5. The van der Waals surface area contributed by atoms with Crippen molar-refractivity contribution < 1.29 is 4.74 Å². The molecule has 3 aromatic heterocycles. The third-order valence-electron chi connectivity index (χ3n) is 12.9. The number of fused-ring (bicyclic) bond motifs is 9. The molecule has 0 aliphatic heterocycles. The van der Waals surface area contributed by atoms with Crippen molar-refractivity contribution in [2.75, 3.05) is 0 Å². The van der Waals surface area contributed by atoms with Crippen LogP contribution in [-0.2, 0) is 0 Å². The van der Waals surface area contributed by atoms with Crippen molar-refractivity contribution in [2.45, 2.75) is 0 Å². The van der Waals surface area contributed by atoms with Gasteiger partial charge < -0.3 is 18.4 Å². The monoisotopic (exact) mass is 817 g/mol. The molecule has 0 N–H and O–H groups in total. The van der Waals surface area contributed by atoms with E-state index < -0.39 is 0 Å². The van der Waals surface area contributed by atoms with Gasteiger partial charge >= 0.3 is 0 Å². The van der Waals surface area contributed by atoms with Crippen molar-refractivity contribution in [3.63, 3.8) is 0 Å². The van der Waals surface area contributed by atoms with Crippen LogP contribution in [-0.4, -0.2) is 13.7 Å². The molecule has 0 unspecified atom stereocenters. The van der Waals surface area contributed by atoms with Gasteiger partial charge in [-0.25, -0.2) is 0 Å². The van der Waals surface area contributed by atoms with E-state index in [1.165, 1.54) is 54.8 Å². The summed E-state index contributed by atoms with van der Waals surface area (Å²) in [5, 5.41) is 7.07. The van der Waals surface area contributed by atoms with Gasteiger partial charge in [-0.05, 0) is 131 Å². The van der Waals surface area contributed by atoms with Gasteiger partial charge in [-0.15, -0.1) is 0 Å². The summed E-state index contributed by atoms with van der Waals surface area (Å²) in [6, 6.07) is 84.8. The van der Waals surface area contributed by atoms with E-state index in [1.54, 1.807) is 0 Å². The maximum Gasteiger partial charge on any atom is 0.128 e. The molecule has 0 bridgehead atoms. The summed E-state index contributed by atoms with van der Waals surface area (Å²) in [4.78, 5) is 0. The van der Waals surface area contributed by atoms with Gasteiger partial charge in [0, 0.05) is 49.4 Å². The molecule has 13 rings (SSSR count). The summed E-state index contributed by atoms with van der Waals surface area (Å²) < 4.78 is 14.0. The lowest BCUT2D eigenvalue weighted by molar-refractivity contribution is 0.484. The minimum absolute atomic E-state index is 0.786. The standard InChI is InChI=1S/C60H39N3O/c1-5-15-40(16-6-1)42-25-30-56-50(35-42)53-38-47(28-33-59(53)62(56)45-21-11-4-12-22-45)64-48-29-34-60-54(39-48)51-36-43(41-17-7-2-8-18-41)26-31-57(51)63(60)46-27-32-58-52(37-46)49-23-13-14-24-55(49)61(58)44-19-9-3-10-20-44/h1-39H. The van der Waals surface area contributed by atoms with Gasteiger partial charge in [-0.1, -0.05) is 127 Å². The molecule has 0 atom stereocenters. The summed E-state index contributed by atoms with van der Waals surface area (Å²) >= 11 is 0. The van der Waals surface area contributed by atoms with Gasteiger partial charge in [-0.3, -0.25) is 0 Å². The lowest BCUT2D eigenvalue weighted by Gasteiger charge is -2.11. The fourth-order valence-electron chi connectivity index (χ4n) is 9.98. The van der Waals surface area contributed by atoms with Gasteiger partial charge in [0.15, 0.2) is 0 Å². The van der Waals surface area contributed by atoms with E-state index in [-0.39, 0.29) is 0 Å². The van der Waals surface area contributed by atoms with Gasteiger partial charge in [0.25, 0.3) is 0 Å². The van der Waals surface area contributed by atoms with Gasteiger partial charge in [0.2, 0.25) is 0 Å². The average molecular weight is 818 g/mol. The predicted molar refractivity (Wildman–Crippen MR) is 267 cm³/mol. The van der Waals surface area contributed by atoms with Crippen LogP contribution >= 0.6 is 0 Å². The van der Waals surface area contributed by atoms with Crippen LogP contribution in [0.25, 0.3) is 105 Å². The number of para-hydroxylation sites is 3. The quantitative estimate of drug-likeness (QED) is 0.157. The molecule has 0 fully saturated rings. The molecule has 3 heterocycles. The SMILES string of the molecule is c1ccc(-c2ccc3c(c2)c2cc(Oc4ccc5c(c4)c4cc(-c6ccccc6)ccc4n5-c4ccc5c(c4)c4ccccc4n5-c4ccccc4)ccc2n3-c2ccccc2)cc1. The van der Waals surface area contributed by atoms with Crippen molar-refractivity contribution in [1.82, 2.24) is 13.7 Å². The van der Waals surface area contributed by atoms with Crippen molar-refractivity contribution in [3.05, 3.63) is 237 Å². The molecule has 10 aromatic carbocycles. The Morgan fingerprint density at radius 2 is 0.578 bits per heavy atom. The first-order valence-electron chi connectivity index (χ1n) is 21.8. The van der Waals surface area contributed by atoms with E-state index in [9.17, 15) is 0 Å². The molecular weight excluding hydrogens is 779 g/mol. The van der Waals surface area contributed by atoms with Gasteiger partial charge in [0.1, 0.15) is 11.5 Å². The number of ether oxygens (including phenoxy) is 1. The molecule has 64 heavy (non-hydrogen) atoms. The maximum atomic E-state index is 6.88. The van der Waals surface area contributed by atoms with Crippen molar-refractivity contribution >= 4 is 65.4 Å². The number of aromatic nitrogens is 3. The number of hydrogen-bond acceptors (Lipinski definition) is 1. The number of rotatable bonds is 7. The highest BCUT2D eigenvalue weighted by Gasteiger charge is 2.19. The predicted octanol–water partition coefficient (Wildman–Crippen LogP) is 16.1. The molecule has 0 saturated carbocycles. The summed E-state index contributed by atoms with van der Waals surface area (Å²) in [5.41, 5.74) is 15.0. The Labute approximate surface area is 369 Å². The van der Waals surface area contributed by atoms with Crippen LogP contribution < -0.4 is 4.74 Å². The van der Waals surface area contributed by atoms with Crippen LogP contribution in [0.3, 0.4) is 0 Å². The Morgan fingerprint density at radius 3 is 1.08 bits per heavy atom. The van der Waals surface area contributed by atoms with Crippen LogP contribution in [0.15, 0.2) is 237 Å². The summed E-state index contributed by atoms with van der Waals surface area (Å²) in [7, 11) is 0. The zero-order chi connectivity index (χ0) is 42.1. The topological polar surface area (TPSA) is 24.0 Å². The van der Waals surface area contributed by atoms with E-state index in [1.807, 2.05) is 0 Å². The highest BCUT2D eigenvalue weighted by molar-refractivity contribution is 6.14. The molecule has 4 heteroatoms. The van der Waals surface area contributed by atoms with Crippen LogP contribution in [0.2, 0.25) is 0 Å². The first-order valence-corrected chi connectivity index (χ1v) is 21.8. The minimum atomic E-state index is 0.786. The van der Waals surface area contributed by atoms with Crippen LogP contribution in [0.4, 0.5) is 0 Å². The molecule has 0 amide bonds. The number of hydrogen-bond donors (Lipinski definition) is 0. The van der Waals surface area contributed by atoms with Gasteiger partial charge in [-0.2, -0.15) is 0 Å². The lowest BCUT2D eigenvalue weighted by Crippen LogP contribution is -1.95. The third kappa shape index (κ3) is 5.77. The lowest BCUT2D eigenvalue weighted by atomic mass is 10.0.